The minimum absolute atomic E-state index is 0.152. The van der Waals surface area contributed by atoms with Gasteiger partial charge in [0.25, 0.3) is 0 Å². The van der Waals surface area contributed by atoms with E-state index >= 15 is 0 Å². The molecule has 0 spiro atoms. The monoisotopic (exact) mass is 311 g/mol. The van der Waals surface area contributed by atoms with Crippen LogP contribution in [-0.2, 0) is 12.8 Å². The van der Waals surface area contributed by atoms with E-state index in [1.807, 2.05) is 6.07 Å². The molecule has 0 bridgehead atoms. The van der Waals surface area contributed by atoms with E-state index in [0.717, 1.165) is 47.6 Å². The van der Waals surface area contributed by atoms with Gasteiger partial charge in [0, 0.05) is 11.6 Å². The first-order chi connectivity index (χ1) is 11.3. The molecule has 2 heterocycles. The summed E-state index contributed by atoms with van der Waals surface area (Å²) in [4.78, 5) is 0. The third kappa shape index (κ3) is 1.71. The minimum Gasteiger partial charge on any atom is -0.504 e. The van der Waals surface area contributed by atoms with Crippen molar-refractivity contribution >= 4 is 0 Å². The van der Waals surface area contributed by atoms with Crippen molar-refractivity contribution in [2.24, 2.45) is 0 Å². The van der Waals surface area contributed by atoms with Crippen LogP contribution in [0.25, 0.3) is 11.1 Å². The van der Waals surface area contributed by atoms with Gasteiger partial charge in [-0.15, -0.1) is 0 Å². The van der Waals surface area contributed by atoms with Crippen molar-refractivity contribution in [1.82, 2.24) is 5.32 Å². The molecule has 0 unspecified atom stereocenters. The van der Waals surface area contributed by atoms with Crippen LogP contribution in [0.2, 0.25) is 0 Å². The topological polar surface area (TPSA) is 60.0 Å². The summed E-state index contributed by atoms with van der Waals surface area (Å²) in [6, 6.07) is 6.10. The van der Waals surface area contributed by atoms with Crippen LogP contribution in [0.5, 0.6) is 23.0 Å². The van der Waals surface area contributed by atoms with Gasteiger partial charge >= 0.3 is 0 Å². The van der Waals surface area contributed by atoms with Gasteiger partial charge in [0.15, 0.2) is 23.0 Å². The maximum atomic E-state index is 10.2. The quantitative estimate of drug-likeness (QED) is 0.847. The number of nitrogens with one attached hydrogen (secondary N) is 1. The Bertz CT molecular complexity index is 831. The second-order valence-corrected chi connectivity index (χ2v) is 6.20. The largest absolute Gasteiger partial charge is 0.504 e. The van der Waals surface area contributed by atoms with Crippen LogP contribution >= 0.6 is 0 Å². The van der Waals surface area contributed by atoms with E-state index in [-0.39, 0.29) is 18.6 Å². The maximum Gasteiger partial charge on any atom is 0.231 e. The zero-order valence-electron chi connectivity index (χ0n) is 12.8. The van der Waals surface area contributed by atoms with E-state index in [9.17, 15) is 5.11 Å². The van der Waals surface area contributed by atoms with E-state index in [2.05, 4.69) is 11.4 Å². The highest BCUT2D eigenvalue weighted by atomic mass is 16.7. The molecule has 0 aromatic heterocycles. The van der Waals surface area contributed by atoms with Gasteiger partial charge in [-0.25, -0.2) is 0 Å². The first-order valence-electron chi connectivity index (χ1n) is 7.85. The zero-order valence-corrected chi connectivity index (χ0v) is 12.8. The summed E-state index contributed by atoms with van der Waals surface area (Å²) in [5.74, 6) is 2.26. The lowest BCUT2D eigenvalue weighted by Gasteiger charge is -2.35. The van der Waals surface area contributed by atoms with Crippen LogP contribution in [-0.4, -0.2) is 25.6 Å². The molecular formula is C18H17NO4. The molecule has 118 valence electrons. The van der Waals surface area contributed by atoms with E-state index in [0.29, 0.717) is 5.75 Å². The lowest BCUT2D eigenvalue weighted by molar-refractivity contribution is 0.174. The van der Waals surface area contributed by atoms with Gasteiger partial charge in [-0.1, -0.05) is 0 Å². The predicted molar refractivity (Wildman–Crippen MR) is 84.4 cm³/mol. The summed E-state index contributed by atoms with van der Waals surface area (Å²) in [6.45, 7) is 1.21. The molecule has 5 nitrogen and oxygen atoms in total. The van der Waals surface area contributed by atoms with Gasteiger partial charge in [-0.3, -0.25) is 0 Å². The van der Waals surface area contributed by atoms with Crippen molar-refractivity contribution in [2.45, 2.75) is 18.9 Å². The Kier molecular flexibility index (Phi) is 2.59. The van der Waals surface area contributed by atoms with Crippen molar-refractivity contribution in [1.29, 1.82) is 0 Å². The Morgan fingerprint density at radius 2 is 2.13 bits per heavy atom. The van der Waals surface area contributed by atoms with Gasteiger partial charge in [-0.05, 0) is 59.8 Å². The zero-order chi connectivity index (χ0) is 15.6. The van der Waals surface area contributed by atoms with Gasteiger partial charge in [0.2, 0.25) is 6.79 Å². The molecule has 0 saturated heterocycles. The number of aromatic hydroxyl groups is 1. The molecule has 3 aliphatic rings. The standard InChI is InChI=1S/C18H17NO4/c1-21-14-6-10-4-12-16-9(2-3-19-12)5-15-18(23-8-22-15)17(16)11(10)7-13(14)20/h5-7,12,19-20H,2-4,8H2,1H3/t12-/m0/s1. The molecule has 0 radical (unpaired) electrons. The van der Waals surface area contributed by atoms with Crippen LogP contribution in [0.1, 0.15) is 22.7 Å². The molecule has 2 aromatic carbocycles. The van der Waals surface area contributed by atoms with E-state index in [1.54, 1.807) is 13.2 Å². The SMILES string of the molecule is COc1cc2c(cc1O)-c1c3c(cc4c1[C@H](C2)NCC4)OCO3. The highest BCUT2D eigenvalue weighted by molar-refractivity contribution is 5.85. The second-order valence-electron chi connectivity index (χ2n) is 6.20. The Balaban J connectivity index is 1.84. The van der Waals surface area contributed by atoms with Crippen molar-refractivity contribution in [3.8, 4) is 34.1 Å². The second kappa shape index (κ2) is 4.55. The maximum absolute atomic E-state index is 10.2. The molecule has 5 heteroatoms. The van der Waals surface area contributed by atoms with Crippen molar-refractivity contribution in [3.63, 3.8) is 0 Å². The Hall–Kier alpha value is -2.40. The number of fused-ring (bicyclic) bond motifs is 4. The number of hydrogen-bond donors (Lipinski definition) is 2. The molecule has 23 heavy (non-hydrogen) atoms. The normalized spacial score (nSPS) is 20.0. The van der Waals surface area contributed by atoms with Crippen LogP contribution in [0.4, 0.5) is 0 Å². The Morgan fingerprint density at radius 1 is 1.22 bits per heavy atom. The summed E-state index contributed by atoms with van der Waals surface area (Å²) in [6.07, 6.45) is 1.86. The van der Waals surface area contributed by atoms with Crippen LogP contribution in [0.15, 0.2) is 18.2 Å². The third-order valence-electron chi connectivity index (χ3n) is 5.02. The highest BCUT2D eigenvalue weighted by Gasteiger charge is 2.35. The van der Waals surface area contributed by atoms with E-state index in [1.165, 1.54) is 11.1 Å². The number of phenols is 1. The summed E-state index contributed by atoms with van der Waals surface area (Å²) in [7, 11) is 1.57. The first-order valence-corrected chi connectivity index (χ1v) is 7.85. The number of phenolic OH excluding ortho intramolecular Hbond substituents is 1. The molecule has 1 atom stereocenters. The van der Waals surface area contributed by atoms with Gasteiger partial charge in [0.05, 0.1) is 7.11 Å². The fraction of sp³-hybridized carbons (Fsp3) is 0.333. The van der Waals surface area contributed by atoms with E-state index in [4.69, 9.17) is 14.2 Å². The van der Waals surface area contributed by atoms with E-state index < -0.39 is 0 Å². The van der Waals surface area contributed by atoms with Crippen molar-refractivity contribution in [3.05, 3.63) is 34.9 Å². The Morgan fingerprint density at radius 3 is 3.00 bits per heavy atom. The van der Waals surface area contributed by atoms with Gasteiger partial charge < -0.3 is 24.6 Å². The fourth-order valence-corrected chi connectivity index (χ4v) is 4.04. The van der Waals surface area contributed by atoms with Crippen molar-refractivity contribution < 1.29 is 19.3 Å². The Labute approximate surface area is 133 Å². The molecule has 0 saturated carbocycles. The summed E-state index contributed by atoms with van der Waals surface area (Å²) in [5, 5.41) is 13.8. The number of benzene rings is 2. The molecule has 0 fully saturated rings. The lowest BCUT2D eigenvalue weighted by Crippen LogP contribution is -2.33. The van der Waals surface area contributed by atoms with Gasteiger partial charge in [-0.2, -0.15) is 0 Å². The van der Waals surface area contributed by atoms with Crippen LogP contribution < -0.4 is 19.5 Å². The lowest BCUT2D eigenvalue weighted by atomic mass is 9.77. The number of rotatable bonds is 1. The van der Waals surface area contributed by atoms with Crippen LogP contribution in [0, 0.1) is 0 Å². The molecular weight excluding hydrogens is 294 g/mol. The van der Waals surface area contributed by atoms with Crippen LogP contribution in [0.3, 0.4) is 0 Å². The molecule has 0 amide bonds. The fourth-order valence-electron chi connectivity index (χ4n) is 4.04. The molecule has 2 N–H and O–H groups in total. The average molecular weight is 311 g/mol. The molecule has 5 rings (SSSR count). The highest BCUT2D eigenvalue weighted by Crippen LogP contribution is 2.53. The number of hydrogen-bond acceptors (Lipinski definition) is 5. The number of ether oxygens (including phenoxy) is 3. The number of methoxy groups -OCH3 is 1. The summed E-state index contributed by atoms with van der Waals surface area (Å²) < 4.78 is 16.7. The summed E-state index contributed by atoms with van der Waals surface area (Å²) >= 11 is 0. The third-order valence-corrected chi connectivity index (χ3v) is 5.02. The van der Waals surface area contributed by atoms with Crippen molar-refractivity contribution in [2.75, 3.05) is 20.4 Å². The molecule has 2 aliphatic heterocycles. The minimum atomic E-state index is 0.152. The average Bonchev–Trinajstić information content (AvgIpc) is 3.02. The smallest absolute Gasteiger partial charge is 0.231 e. The molecule has 1 aliphatic carbocycles. The van der Waals surface area contributed by atoms with Gasteiger partial charge in [0.1, 0.15) is 0 Å². The predicted octanol–water partition coefficient (Wildman–Crippen LogP) is 2.54. The first kappa shape index (κ1) is 13.1. The molecule has 2 aromatic rings. The summed E-state index contributed by atoms with van der Waals surface area (Å²) in [5.41, 5.74) is 5.83.